The average molecular weight is 492 g/mol. The fourth-order valence-corrected chi connectivity index (χ4v) is 6.75. The molecule has 0 unspecified atom stereocenters. The first-order chi connectivity index (χ1) is 15.7. The number of benzene rings is 2. The fraction of sp³-hybridized carbons (Fsp3) is 0.458. The van der Waals surface area contributed by atoms with Crippen LogP contribution in [0.2, 0.25) is 5.02 Å². The lowest BCUT2D eigenvalue weighted by atomic mass is 10.1. The van der Waals surface area contributed by atoms with Crippen LogP contribution in [0.25, 0.3) is 0 Å². The fourth-order valence-electron chi connectivity index (χ4n) is 4.69. The summed E-state index contributed by atoms with van der Waals surface area (Å²) in [5.41, 5.74) is 2.86. The Kier molecular flexibility index (Phi) is 6.88. The van der Waals surface area contributed by atoms with Crippen LogP contribution in [0, 0.1) is 13.8 Å². The summed E-state index contributed by atoms with van der Waals surface area (Å²) >= 11 is 6.18. The van der Waals surface area contributed by atoms with Crippen LogP contribution in [0.3, 0.4) is 0 Å². The van der Waals surface area contributed by atoms with Gasteiger partial charge in [0.2, 0.25) is 15.9 Å². The zero-order chi connectivity index (χ0) is 23.8. The first-order valence-electron chi connectivity index (χ1n) is 11.2. The van der Waals surface area contributed by atoms with Crippen LogP contribution in [0.5, 0.6) is 5.75 Å². The van der Waals surface area contributed by atoms with E-state index in [4.69, 9.17) is 16.3 Å². The van der Waals surface area contributed by atoms with E-state index < -0.39 is 16.1 Å². The number of anilines is 1. The normalized spacial score (nSPS) is 19.7. The van der Waals surface area contributed by atoms with Gasteiger partial charge in [-0.15, -0.1) is 0 Å². The molecule has 178 valence electrons. The van der Waals surface area contributed by atoms with Crippen molar-refractivity contribution in [3.8, 4) is 5.75 Å². The van der Waals surface area contributed by atoms with E-state index in [0.717, 1.165) is 11.3 Å². The van der Waals surface area contributed by atoms with Crippen molar-refractivity contribution in [3.05, 3.63) is 52.5 Å². The maximum absolute atomic E-state index is 13.5. The third kappa shape index (κ3) is 4.69. The van der Waals surface area contributed by atoms with E-state index >= 15 is 0 Å². The number of methoxy groups -OCH3 is 1. The van der Waals surface area contributed by atoms with Gasteiger partial charge in [0, 0.05) is 49.5 Å². The van der Waals surface area contributed by atoms with Gasteiger partial charge in [-0.3, -0.25) is 4.79 Å². The van der Waals surface area contributed by atoms with Gasteiger partial charge in [-0.05, 0) is 56.0 Å². The minimum absolute atomic E-state index is 0.112. The lowest BCUT2D eigenvalue weighted by Crippen LogP contribution is -2.54. The Morgan fingerprint density at radius 2 is 1.70 bits per heavy atom. The van der Waals surface area contributed by atoms with E-state index in [9.17, 15) is 13.2 Å². The molecular formula is C24H30ClN3O4S. The number of aryl methyl sites for hydroxylation is 2. The summed E-state index contributed by atoms with van der Waals surface area (Å²) in [6, 6.07) is 10.2. The zero-order valence-corrected chi connectivity index (χ0v) is 20.8. The molecule has 0 aromatic heterocycles. The molecule has 0 aliphatic carbocycles. The number of amides is 1. The first-order valence-corrected chi connectivity index (χ1v) is 13.0. The zero-order valence-electron chi connectivity index (χ0n) is 19.3. The summed E-state index contributed by atoms with van der Waals surface area (Å²) in [5, 5.41) is 0.689. The van der Waals surface area contributed by atoms with E-state index in [0.29, 0.717) is 61.9 Å². The van der Waals surface area contributed by atoms with Gasteiger partial charge in [-0.2, -0.15) is 4.31 Å². The molecule has 2 aliphatic rings. The second kappa shape index (κ2) is 9.52. The highest BCUT2D eigenvalue weighted by Gasteiger charge is 2.42. The van der Waals surface area contributed by atoms with Gasteiger partial charge >= 0.3 is 0 Å². The molecule has 4 rings (SSSR count). The van der Waals surface area contributed by atoms with E-state index in [1.54, 1.807) is 24.0 Å². The largest absolute Gasteiger partial charge is 0.497 e. The molecule has 0 spiro atoms. The van der Waals surface area contributed by atoms with Gasteiger partial charge in [0.25, 0.3) is 0 Å². The Labute approximate surface area is 200 Å². The Morgan fingerprint density at radius 3 is 2.39 bits per heavy atom. The smallest absolute Gasteiger partial charge is 0.244 e. The standard InChI is InChI=1S/C24H30ClN3O4S/c1-17-6-8-19(25)15-22(17)26-11-13-27(14-12-26)24(29)21-5-4-10-28(21)33(30,31)23-16-20(32-3)9-7-18(23)2/h6-9,15-16,21H,4-5,10-14H2,1-3H3/t21-/m0/s1. The Balaban J connectivity index is 1.49. The van der Waals surface area contributed by atoms with Gasteiger partial charge in [0.1, 0.15) is 11.8 Å². The highest BCUT2D eigenvalue weighted by atomic mass is 35.5. The van der Waals surface area contributed by atoms with Crippen LogP contribution in [0.15, 0.2) is 41.3 Å². The molecule has 1 amide bonds. The number of hydrogen-bond acceptors (Lipinski definition) is 5. The molecule has 0 bridgehead atoms. The monoisotopic (exact) mass is 491 g/mol. The number of rotatable bonds is 5. The maximum Gasteiger partial charge on any atom is 0.244 e. The van der Waals surface area contributed by atoms with Gasteiger partial charge in [-0.25, -0.2) is 8.42 Å². The number of ether oxygens (including phenoxy) is 1. The molecule has 0 N–H and O–H groups in total. The lowest BCUT2D eigenvalue weighted by molar-refractivity contribution is -0.134. The molecular weight excluding hydrogens is 462 g/mol. The Bertz CT molecular complexity index is 1150. The summed E-state index contributed by atoms with van der Waals surface area (Å²) in [6.07, 6.45) is 1.20. The predicted octanol–water partition coefficient (Wildman–Crippen LogP) is 3.47. The van der Waals surface area contributed by atoms with Crippen LogP contribution in [-0.4, -0.2) is 69.4 Å². The highest BCUT2D eigenvalue weighted by molar-refractivity contribution is 7.89. The van der Waals surface area contributed by atoms with Crippen LogP contribution in [0.4, 0.5) is 5.69 Å². The van der Waals surface area contributed by atoms with Crippen molar-refractivity contribution in [1.29, 1.82) is 0 Å². The third-order valence-corrected chi connectivity index (χ3v) is 8.86. The second-order valence-corrected chi connectivity index (χ2v) is 10.9. The minimum atomic E-state index is -3.82. The average Bonchev–Trinajstić information content (AvgIpc) is 3.31. The molecule has 1 atom stereocenters. The lowest BCUT2D eigenvalue weighted by Gasteiger charge is -2.38. The van der Waals surface area contributed by atoms with Gasteiger partial charge < -0.3 is 14.5 Å². The number of halogens is 1. The Hall–Kier alpha value is -2.29. The molecule has 2 aromatic rings. The quantitative estimate of drug-likeness (QED) is 0.640. The van der Waals surface area contributed by atoms with Crippen LogP contribution < -0.4 is 9.64 Å². The summed E-state index contributed by atoms with van der Waals surface area (Å²) in [5.74, 6) is 0.368. The number of piperazine rings is 1. The van der Waals surface area contributed by atoms with Crippen LogP contribution in [0.1, 0.15) is 24.0 Å². The van der Waals surface area contributed by atoms with Gasteiger partial charge in [-0.1, -0.05) is 23.7 Å². The van der Waals surface area contributed by atoms with Gasteiger partial charge in [0.15, 0.2) is 0 Å². The third-order valence-electron chi connectivity index (χ3n) is 6.57. The summed E-state index contributed by atoms with van der Waals surface area (Å²) in [7, 11) is -2.31. The van der Waals surface area contributed by atoms with Crippen molar-refractivity contribution in [2.75, 3.05) is 44.7 Å². The molecule has 9 heteroatoms. The SMILES string of the molecule is COc1ccc(C)c(S(=O)(=O)N2CCC[C@H]2C(=O)N2CCN(c3cc(Cl)ccc3C)CC2)c1. The molecule has 7 nitrogen and oxygen atoms in total. The molecule has 0 saturated carbocycles. The molecule has 2 saturated heterocycles. The van der Waals surface area contributed by atoms with Crippen LogP contribution >= 0.6 is 11.6 Å². The van der Waals surface area contributed by atoms with Crippen molar-refractivity contribution >= 4 is 33.2 Å². The maximum atomic E-state index is 13.5. The van der Waals surface area contributed by atoms with Crippen molar-refractivity contribution in [2.24, 2.45) is 0 Å². The summed E-state index contributed by atoms with van der Waals surface area (Å²) in [6.45, 7) is 6.61. The van der Waals surface area contributed by atoms with Crippen molar-refractivity contribution in [1.82, 2.24) is 9.21 Å². The number of sulfonamides is 1. The van der Waals surface area contributed by atoms with Crippen LogP contribution in [-0.2, 0) is 14.8 Å². The number of carbonyl (C=O) groups is 1. The van der Waals surface area contributed by atoms with Gasteiger partial charge in [0.05, 0.1) is 12.0 Å². The molecule has 33 heavy (non-hydrogen) atoms. The van der Waals surface area contributed by atoms with Crippen molar-refractivity contribution < 1.29 is 17.9 Å². The first kappa shape index (κ1) is 23.9. The highest BCUT2D eigenvalue weighted by Crippen LogP contribution is 2.31. The molecule has 0 radical (unpaired) electrons. The Morgan fingerprint density at radius 1 is 1.00 bits per heavy atom. The second-order valence-electron chi connectivity index (χ2n) is 8.65. The number of hydrogen-bond donors (Lipinski definition) is 0. The minimum Gasteiger partial charge on any atom is -0.497 e. The topological polar surface area (TPSA) is 70.2 Å². The van der Waals surface area contributed by atoms with E-state index in [1.807, 2.05) is 25.1 Å². The van der Waals surface area contributed by atoms with E-state index in [1.165, 1.54) is 17.5 Å². The molecule has 2 heterocycles. The number of carbonyl (C=O) groups excluding carboxylic acids is 1. The van der Waals surface area contributed by atoms with Crippen molar-refractivity contribution in [2.45, 2.75) is 37.6 Å². The summed E-state index contributed by atoms with van der Waals surface area (Å²) in [4.78, 5) is 17.6. The number of nitrogens with zero attached hydrogens (tertiary/aromatic N) is 3. The van der Waals surface area contributed by atoms with Crippen molar-refractivity contribution in [3.63, 3.8) is 0 Å². The van der Waals surface area contributed by atoms with E-state index in [-0.39, 0.29) is 10.8 Å². The van der Waals surface area contributed by atoms with E-state index in [2.05, 4.69) is 4.90 Å². The molecule has 2 aromatic carbocycles. The molecule has 2 aliphatic heterocycles. The predicted molar refractivity (Wildman–Crippen MR) is 130 cm³/mol. The molecule has 2 fully saturated rings. The summed E-state index contributed by atoms with van der Waals surface area (Å²) < 4.78 is 33.6.